The van der Waals surface area contributed by atoms with E-state index in [4.69, 9.17) is 0 Å². The molecule has 0 spiro atoms. The van der Waals surface area contributed by atoms with Gasteiger partial charge in [0.25, 0.3) is 0 Å². The minimum absolute atomic E-state index is 0.159. The number of fused-ring (bicyclic) bond motifs is 1. The summed E-state index contributed by atoms with van der Waals surface area (Å²) >= 11 is 1.56. The van der Waals surface area contributed by atoms with Crippen molar-refractivity contribution in [3.63, 3.8) is 0 Å². The minimum atomic E-state index is -0.239. The van der Waals surface area contributed by atoms with Crippen molar-refractivity contribution in [1.29, 1.82) is 0 Å². The molecule has 0 aliphatic rings. The summed E-state index contributed by atoms with van der Waals surface area (Å²) < 4.78 is 14.1. The van der Waals surface area contributed by atoms with Crippen molar-refractivity contribution in [2.45, 2.75) is 13.8 Å². The number of aromatic nitrogens is 1. The number of hydrogen-bond acceptors (Lipinski definition) is 4. The summed E-state index contributed by atoms with van der Waals surface area (Å²) in [5.74, 6) is -0.239. The first kappa shape index (κ1) is 14.2. The summed E-state index contributed by atoms with van der Waals surface area (Å²) in [5.41, 5.74) is 0.880. The molecular formula is C14H20FN3S. The summed E-state index contributed by atoms with van der Waals surface area (Å²) in [6.07, 6.45) is 0. The molecular weight excluding hydrogens is 261 g/mol. The number of halogens is 1. The normalized spacial score (nSPS) is 12.3. The molecule has 2 rings (SSSR count). The highest BCUT2D eigenvalue weighted by Gasteiger charge is 2.19. The SMILES string of the molecule is CN(C)CC(C)(C)CNc1nc2cc(F)ccc2s1. The molecule has 0 unspecified atom stereocenters. The summed E-state index contributed by atoms with van der Waals surface area (Å²) in [5, 5.41) is 4.21. The average molecular weight is 281 g/mol. The molecule has 0 fully saturated rings. The maximum atomic E-state index is 13.1. The van der Waals surface area contributed by atoms with E-state index in [9.17, 15) is 4.39 Å². The Labute approximate surface area is 117 Å². The number of benzene rings is 1. The zero-order valence-corrected chi connectivity index (χ0v) is 12.6. The molecule has 0 aliphatic carbocycles. The predicted molar refractivity (Wildman–Crippen MR) is 80.4 cm³/mol. The fourth-order valence-corrected chi connectivity index (χ4v) is 3.04. The van der Waals surface area contributed by atoms with E-state index in [1.807, 2.05) is 0 Å². The Morgan fingerprint density at radius 1 is 1.37 bits per heavy atom. The van der Waals surface area contributed by atoms with E-state index < -0.39 is 0 Å². The van der Waals surface area contributed by atoms with Crippen LogP contribution in [0.5, 0.6) is 0 Å². The highest BCUT2D eigenvalue weighted by molar-refractivity contribution is 7.22. The Kier molecular flexibility index (Phi) is 4.06. The van der Waals surface area contributed by atoms with Crippen molar-refractivity contribution in [2.24, 2.45) is 5.41 Å². The monoisotopic (exact) mass is 281 g/mol. The smallest absolute Gasteiger partial charge is 0.183 e. The van der Waals surface area contributed by atoms with Crippen molar-refractivity contribution in [3.8, 4) is 0 Å². The lowest BCUT2D eigenvalue weighted by Crippen LogP contribution is -2.34. The van der Waals surface area contributed by atoms with E-state index in [0.29, 0.717) is 0 Å². The number of nitrogens with one attached hydrogen (secondary N) is 1. The van der Waals surface area contributed by atoms with E-state index in [2.05, 4.69) is 43.1 Å². The van der Waals surface area contributed by atoms with Crippen LogP contribution in [0.1, 0.15) is 13.8 Å². The standard InChI is InChI=1S/C14H20FN3S/c1-14(2,9-18(3)4)8-16-13-17-11-7-10(15)5-6-12(11)19-13/h5-7H,8-9H2,1-4H3,(H,16,17). The quantitative estimate of drug-likeness (QED) is 0.910. The molecule has 5 heteroatoms. The third kappa shape index (κ3) is 3.88. The molecule has 104 valence electrons. The molecule has 0 atom stereocenters. The molecule has 0 bridgehead atoms. The number of anilines is 1. The van der Waals surface area contributed by atoms with Crippen LogP contribution in [0.25, 0.3) is 10.2 Å². The van der Waals surface area contributed by atoms with Gasteiger partial charge in [0.15, 0.2) is 5.13 Å². The zero-order chi connectivity index (χ0) is 14.0. The summed E-state index contributed by atoms with van der Waals surface area (Å²) in [7, 11) is 4.14. The molecule has 0 amide bonds. The first-order chi connectivity index (χ1) is 8.85. The largest absolute Gasteiger partial charge is 0.361 e. The molecule has 0 saturated carbocycles. The Bertz CT molecular complexity index is 563. The van der Waals surface area contributed by atoms with Crippen LogP contribution in [-0.4, -0.2) is 37.1 Å². The van der Waals surface area contributed by atoms with Crippen molar-refractivity contribution in [3.05, 3.63) is 24.0 Å². The van der Waals surface area contributed by atoms with E-state index >= 15 is 0 Å². The van der Waals surface area contributed by atoms with Crippen molar-refractivity contribution in [1.82, 2.24) is 9.88 Å². The van der Waals surface area contributed by atoms with Gasteiger partial charge in [-0.1, -0.05) is 25.2 Å². The predicted octanol–water partition coefficient (Wildman–Crippen LogP) is 3.44. The van der Waals surface area contributed by atoms with Gasteiger partial charge in [-0.2, -0.15) is 0 Å². The molecule has 0 saturated heterocycles. The lowest BCUT2D eigenvalue weighted by molar-refractivity contribution is 0.254. The van der Waals surface area contributed by atoms with Crippen LogP contribution in [0.15, 0.2) is 18.2 Å². The van der Waals surface area contributed by atoms with Gasteiger partial charge in [0.1, 0.15) is 5.82 Å². The van der Waals surface area contributed by atoms with Crippen LogP contribution in [0.4, 0.5) is 9.52 Å². The fraction of sp³-hybridized carbons (Fsp3) is 0.500. The molecule has 1 heterocycles. The Balaban J connectivity index is 2.05. The summed E-state index contributed by atoms with van der Waals surface area (Å²) in [4.78, 5) is 6.59. The molecule has 2 aromatic rings. The Morgan fingerprint density at radius 3 is 2.79 bits per heavy atom. The van der Waals surface area contributed by atoms with Crippen LogP contribution < -0.4 is 5.32 Å². The van der Waals surface area contributed by atoms with Crippen LogP contribution >= 0.6 is 11.3 Å². The van der Waals surface area contributed by atoms with Crippen molar-refractivity contribution >= 4 is 26.7 Å². The van der Waals surface area contributed by atoms with Gasteiger partial charge in [-0.05, 0) is 31.6 Å². The molecule has 1 N–H and O–H groups in total. The molecule has 1 aromatic heterocycles. The highest BCUT2D eigenvalue weighted by Crippen LogP contribution is 2.27. The third-order valence-corrected chi connectivity index (χ3v) is 3.81. The molecule has 19 heavy (non-hydrogen) atoms. The van der Waals surface area contributed by atoms with Gasteiger partial charge in [-0.25, -0.2) is 9.37 Å². The van der Waals surface area contributed by atoms with Gasteiger partial charge in [-0.15, -0.1) is 0 Å². The average Bonchev–Trinajstić information content (AvgIpc) is 2.66. The van der Waals surface area contributed by atoms with Gasteiger partial charge >= 0.3 is 0 Å². The second-order valence-corrected chi connectivity index (χ2v) is 6.92. The number of hydrogen-bond donors (Lipinski definition) is 1. The van der Waals surface area contributed by atoms with Crippen LogP contribution in [0, 0.1) is 11.2 Å². The first-order valence-electron chi connectivity index (χ1n) is 6.30. The first-order valence-corrected chi connectivity index (χ1v) is 7.12. The molecule has 3 nitrogen and oxygen atoms in total. The van der Waals surface area contributed by atoms with Gasteiger partial charge in [0, 0.05) is 19.2 Å². The van der Waals surface area contributed by atoms with E-state index in [-0.39, 0.29) is 11.2 Å². The summed E-state index contributed by atoms with van der Waals surface area (Å²) in [6, 6.07) is 4.72. The Morgan fingerprint density at radius 2 is 2.11 bits per heavy atom. The van der Waals surface area contributed by atoms with Crippen LogP contribution in [-0.2, 0) is 0 Å². The maximum Gasteiger partial charge on any atom is 0.183 e. The fourth-order valence-electron chi connectivity index (χ4n) is 2.20. The van der Waals surface area contributed by atoms with Crippen LogP contribution in [0.3, 0.4) is 0 Å². The molecule has 1 aromatic carbocycles. The van der Waals surface area contributed by atoms with E-state index in [1.165, 1.54) is 12.1 Å². The van der Waals surface area contributed by atoms with Crippen LogP contribution in [0.2, 0.25) is 0 Å². The zero-order valence-electron chi connectivity index (χ0n) is 11.8. The van der Waals surface area contributed by atoms with Crippen molar-refractivity contribution < 1.29 is 4.39 Å². The van der Waals surface area contributed by atoms with Gasteiger partial charge in [-0.3, -0.25) is 0 Å². The number of nitrogens with zero attached hydrogens (tertiary/aromatic N) is 2. The second-order valence-electron chi connectivity index (χ2n) is 5.89. The molecule has 0 radical (unpaired) electrons. The molecule has 0 aliphatic heterocycles. The lowest BCUT2D eigenvalue weighted by atomic mass is 9.93. The lowest BCUT2D eigenvalue weighted by Gasteiger charge is -2.28. The van der Waals surface area contributed by atoms with E-state index in [0.717, 1.165) is 28.4 Å². The number of thiazole rings is 1. The topological polar surface area (TPSA) is 28.2 Å². The summed E-state index contributed by atoms with van der Waals surface area (Å²) in [6.45, 7) is 6.27. The maximum absolute atomic E-state index is 13.1. The highest BCUT2D eigenvalue weighted by atomic mass is 32.1. The van der Waals surface area contributed by atoms with Gasteiger partial charge < -0.3 is 10.2 Å². The third-order valence-electron chi connectivity index (χ3n) is 2.81. The number of rotatable bonds is 5. The Hall–Kier alpha value is -1.20. The van der Waals surface area contributed by atoms with E-state index in [1.54, 1.807) is 17.4 Å². The van der Waals surface area contributed by atoms with Gasteiger partial charge in [0.05, 0.1) is 10.2 Å². The minimum Gasteiger partial charge on any atom is -0.361 e. The second kappa shape index (κ2) is 5.43. The van der Waals surface area contributed by atoms with Gasteiger partial charge in [0.2, 0.25) is 0 Å². The van der Waals surface area contributed by atoms with Crippen molar-refractivity contribution in [2.75, 3.05) is 32.5 Å².